The van der Waals surface area contributed by atoms with Gasteiger partial charge in [-0.1, -0.05) is 51.2 Å². The first-order valence-electron chi connectivity index (χ1n) is 8.48. The van der Waals surface area contributed by atoms with Gasteiger partial charge in [-0.15, -0.1) is 0 Å². The predicted molar refractivity (Wildman–Crippen MR) is 90.1 cm³/mol. The van der Waals surface area contributed by atoms with Crippen molar-refractivity contribution in [2.45, 2.75) is 84.0 Å². The van der Waals surface area contributed by atoms with E-state index in [-0.39, 0.29) is 5.91 Å². The Hall–Kier alpha value is -1.25. The number of unbranched alkanes of at least 4 members (excludes halogenated alkanes) is 7. The van der Waals surface area contributed by atoms with E-state index in [1.54, 1.807) is 0 Å². The van der Waals surface area contributed by atoms with Crippen molar-refractivity contribution in [3.8, 4) is 0 Å². The molecule has 3 nitrogen and oxygen atoms in total. The molecular formula is C18H33NO2. The minimum Gasteiger partial charge on any atom is -0.513 e. The standard InChI is InChI=1S/C18H33NO2/c1-2-3-11-14-17(20)15-12-9-7-5-4-6-8-10-13-16-18(19)21/h7,9,15,20H,2-6,8,10-14,16H2,1H3,(H2,19,21)/b9-7-,17-15-. The van der Waals surface area contributed by atoms with Crippen molar-refractivity contribution in [3.05, 3.63) is 24.0 Å². The smallest absolute Gasteiger partial charge is 0.217 e. The molecule has 0 aromatic heterocycles. The molecule has 1 amide bonds. The van der Waals surface area contributed by atoms with Gasteiger partial charge in [-0.2, -0.15) is 0 Å². The fourth-order valence-corrected chi connectivity index (χ4v) is 2.17. The molecule has 0 saturated carbocycles. The molecule has 0 fully saturated rings. The highest BCUT2D eigenvalue weighted by Crippen LogP contribution is 2.09. The Morgan fingerprint density at radius 2 is 1.62 bits per heavy atom. The third kappa shape index (κ3) is 16.7. The van der Waals surface area contributed by atoms with Crippen LogP contribution in [-0.4, -0.2) is 11.0 Å². The molecule has 122 valence electrons. The monoisotopic (exact) mass is 295 g/mol. The van der Waals surface area contributed by atoms with Crippen LogP contribution in [0, 0.1) is 0 Å². The molecule has 0 heterocycles. The van der Waals surface area contributed by atoms with Crippen LogP contribution < -0.4 is 5.73 Å². The molecule has 0 aromatic carbocycles. The number of aliphatic hydroxyl groups excluding tert-OH is 1. The molecule has 0 aliphatic heterocycles. The Morgan fingerprint density at radius 3 is 2.33 bits per heavy atom. The largest absolute Gasteiger partial charge is 0.513 e. The third-order valence-corrected chi connectivity index (χ3v) is 3.49. The summed E-state index contributed by atoms with van der Waals surface area (Å²) in [7, 11) is 0. The van der Waals surface area contributed by atoms with Gasteiger partial charge >= 0.3 is 0 Å². The Kier molecular flexibility index (Phi) is 14.2. The number of aliphatic hydroxyl groups is 1. The number of carbonyl (C=O) groups is 1. The molecule has 0 rings (SSSR count). The maximum atomic E-state index is 10.5. The van der Waals surface area contributed by atoms with Crippen molar-refractivity contribution in [1.82, 2.24) is 0 Å². The van der Waals surface area contributed by atoms with E-state index in [0.29, 0.717) is 12.2 Å². The zero-order chi connectivity index (χ0) is 15.8. The van der Waals surface area contributed by atoms with Gasteiger partial charge in [-0.3, -0.25) is 4.79 Å². The summed E-state index contributed by atoms with van der Waals surface area (Å²) in [4.78, 5) is 10.5. The second kappa shape index (κ2) is 15.1. The van der Waals surface area contributed by atoms with Crippen molar-refractivity contribution >= 4 is 5.91 Å². The van der Waals surface area contributed by atoms with Gasteiger partial charge < -0.3 is 10.8 Å². The van der Waals surface area contributed by atoms with E-state index in [4.69, 9.17) is 5.73 Å². The second-order valence-electron chi connectivity index (χ2n) is 5.63. The summed E-state index contributed by atoms with van der Waals surface area (Å²) < 4.78 is 0. The van der Waals surface area contributed by atoms with Crippen molar-refractivity contribution < 1.29 is 9.90 Å². The summed E-state index contributed by atoms with van der Waals surface area (Å²) in [6.45, 7) is 2.17. The van der Waals surface area contributed by atoms with Crippen molar-refractivity contribution in [2.75, 3.05) is 0 Å². The number of nitrogens with two attached hydrogens (primary N) is 1. The summed E-state index contributed by atoms with van der Waals surface area (Å²) in [5.41, 5.74) is 5.09. The molecule has 21 heavy (non-hydrogen) atoms. The van der Waals surface area contributed by atoms with Crippen LogP contribution in [0.4, 0.5) is 0 Å². The first-order chi connectivity index (χ1) is 10.2. The van der Waals surface area contributed by atoms with Gasteiger partial charge in [0.1, 0.15) is 0 Å². The number of primary amides is 1. The highest BCUT2D eigenvalue weighted by atomic mass is 16.3. The fourth-order valence-electron chi connectivity index (χ4n) is 2.17. The van der Waals surface area contributed by atoms with E-state index >= 15 is 0 Å². The number of hydrogen-bond donors (Lipinski definition) is 2. The van der Waals surface area contributed by atoms with Crippen LogP contribution in [0.1, 0.15) is 84.0 Å². The lowest BCUT2D eigenvalue weighted by atomic mass is 10.1. The Morgan fingerprint density at radius 1 is 0.952 bits per heavy atom. The lowest BCUT2D eigenvalue weighted by molar-refractivity contribution is -0.118. The summed E-state index contributed by atoms with van der Waals surface area (Å²) >= 11 is 0. The molecule has 0 aliphatic rings. The van der Waals surface area contributed by atoms with E-state index < -0.39 is 0 Å². The summed E-state index contributed by atoms with van der Waals surface area (Å²) in [5.74, 6) is 0.339. The maximum absolute atomic E-state index is 10.5. The van der Waals surface area contributed by atoms with Crippen molar-refractivity contribution in [2.24, 2.45) is 5.73 Å². The maximum Gasteiger partial charge on any atom is 0.217 e. The predicted octanol–water partition coefficient (Wildman–Crippen LogP) is 5.17. The number of carbonyl (C=O) groups excluding carboxylic acids is 1. The lowest BCUT2D eigenvalue weighted by Gasteiger charge is -1.99. The van der Waals surface area contributed by atoms with E-state index in [0.717, 1.165) is 38.5 Å². The van der Waals surface area contributed by atoms with Crippen LogP contribution in [-0.2, 0) is 4.79 Å². The second-order valence-corrected chi connectivity index (χ2v) is 5.63. The van der Waals surface area contributed by atoms with E-state index in [1.165, 1.54) is 32.1 Å². The van der Waals surface area contributed by atoms with Gasteiger partial charge in [-0.25, -0.2) is 0 Å². The number of allylic oxidation sites excluding steroid dienone is 4. The van der Waals surface area contributed by atoms with Crippen LogP contribution in [0.2, 0.25) is 0 Å². The topological polar surface area (TPSA) is 63.3 Å². The van der Waals surface area contributed by atoms with Crippen molar-refractivity contribution in [1.29, 1.82) is 0 Å². The highest BCUT2D eigenvalue weighted by molar-refractivity contribution is 5.73. The van der Waals surface area contributed by atoms with Gasteiger partial charge in [-0.05, 0) is 38.2 Å². The normalized spacial score (nSPS) is 12.1. The van der Waals surface area contributed by atoms with Gasteiger partial charge in [0, 0.05) is 12.8 Å². The fraction of sp³-hybridized carbons (Fsp3) is 0.722. The number of rotatable bonds is 14. The number of amides is 1. The molecule has 0 aromatic rings. The van der Waals surface area contributed by atoms with Crippen LogP contribution in [0.15, 0.2) is 24.0 Å². The molecule has 0 aliphatic carbocycles. The molecule has 0 radical (unpaired) electrons. The van der Waals surface area contributed by atoms with E-state index in [1.807, 2.05) is 6.08 Å². The first-order valence-corrected chi connectivity index (χ1v) is 8.48. The zero-order valence-corrected chi connectivity index (χ0v) is 13.7. The average molecular weight is 295 g/mol. The number of hydrogen-bond acceptors (Lipinski definition) is 2. The first kappa shape index (κ1) is 19.8. The van der Waals surface area contributed by atoms with Crippen LogP contribution >= 0.6 is 0 Å². The average Bonchev–Trinajstić information content (AvgIpc) is 2.44. The van der Waals surface area contributed by atoms with Gasteiger partial charge in [0.05, 0.1) is 5.76 Å². The minimum atomic E-state index is -0.191. The van der Waals surface area contributed by atoms with Gasteiger partial charge in [0.25, 0.3) is 0 Å². The molecule has 0 spiro atoms. The SMILES string of the molecule is CCCCC/C(O)=C/C/C=C\CCCCCCCC(N)=O. The van der Waals surface area contributed by atoms with E-state index in [9.17, 15) is 9.90 Å². The van der Waals surface area contributed by atoms with Crippen LogP contribution in [0.3, 0.4) is 0 Å². The summed E-state index contributed by atoms with van der Waals surface area (Å²) in [6.07, 6.45) is 18.6. The van der Waals surface area contributed by atoms with E-state index in [2.05, 4.69) is 19.1 Å². The lowest BCUT2D eigenvalue weighted by Crippen LogP contribution is -2.09. The molecular weight excluding hydrogens is 262 g/mol. The Labute approximate surface area is 130 Å². The zero-order valence-electron chi connectivity index (χ0n) is 13.7. The molecule has 3 heteroatoms. The minimum absolute atomic E-state index is 0.191. The Balaban J connectivity index is 3.36. The summed E-state index contributed by atoms with van der Waals surface area (Å²) in [6, 6.07) is 0. The summed E-state index contributed by atoms with van der Waals surface area (Å²) in [5, 5.41) is 9.63. The molecule has 0 saturated heterocycles. The van der Waals surface area contributed by atoms with Crippen LogP contribution in [0.5, 0.6) is 0 Å². The third-order valence-electron chi connectivity index (χ3n) is 3.49. The van der Waals surface area contributed by atoms with Crippen LogP contribution in [0.25, 0.3) is 0 Å². The van der Waals surface area contributed by atoms with Crippen molar-refractivity contribution in [3.63, 3.8) is 0 Å². The molecule has 3 N–H and O–H groups in total. The van der Waals surface area contributed by atoms with Gasteiger partial charge in [0.15, 0.2) is 0 Å². The highest BCUT2D eigenvalue weighted by Gasteiger charge is 1.94. The van der Waals surface area contributed by atoms with Gasteiger partial charge in [0.2, 0.25) is 5.91 Å². The Bertz CT molecular complexity index is 308. The quantitative estimate of drug-likeness (QED) is 0.264. The molecule has 0 bridgehead atoms. The molecule has 0 atom stereocenters. The molecule has 0 unspecified atom stereocenters.